The topological polar surface area (TPSA) is 77.9 Å². The summed E-state index contributed by atoms with van der Waals surface area (Å²) in [5, 5.41) is 9.43. The molecule has 0 aliphatic carbocycles. The van der Waals surface area contributed by atoms with E-state index >= 15 is 0 Å². The fourth-order valence-electron chi connectivity index (χ4n) is 2.89. The fraction of sp³-hybridized carbons (Fsp3) is 0.312. The van der Waals surface area contributed by atoms with Crippen LogP contribution in [0.5, 0.6) is 5.75 Å². The molecule has 0 radical (unpaired) electrons. The number of aromatic nitrogens is 4. The number of hydrogen-bond donors (Lipinski definition) is 2. The van der Waals surface area contributed by atoms with Crippen LogP contribution in [0.15, 0.2) is 30.6 Å². The molecular weight excluding hydrogens is 278 g/mol. The molecule has 22 heavy (non-hydrogen) atoms. The van der Waals surface area contributed by atoms with Gasteiger partial charge in [-0.2, -0.15) is 0 Å². The van der Waals surface area contributed by atoms with Gasteiger partial charge in [0.05, 0.1) is 6.33 Å². The van der Waals surface area contributed by atoms with Crippen LogP contribution in [-0.2, 0) is 0 Å². The van der Waals surface area contributed by atoms with Gasteiger partial charge in [-0.3, -0.25) is 0 Å². The lowest BCUT2D eigenvalue weighted by atomic mass is 10.1. The molecule has 4 rings (SSSR count). The summed E-state index contributed by atoms with van der Waals surface area (Å²) in [6.07, 6.45) is 5.31. The third-order valence-electron chi connectivity index (χ3n) is 4.05. The zero-order valence-electron chi connectivity index (χ0n) is 12.2. The number of nitrogens with one attached hydrogen (secondary N) is 1. The molecule has 0 atom stereocenters. The SMILES string of the molecule is Oc1ccc(-c2nc(N3CCCCC3)c3[nH]cnc3n2)cc1. The summed E-state index contributed by atoms with van der Waals surface area (Å²) >= 11 is 0. The number of phenolic OH excluding ortho intramolecular Hbond substituents is 1. The second-order valence-electron chi connectivity index (χ2n) is 5.57. The molecule has 0 saturated carbocycles. The first-order valence-corrected chi connectivity index (χ1v) is 7.57. The maximum Gasteiger partial charge on any atom is 0.183 e. The molecule has 1 saturated heterocycles. The summed E-state index contributed by atoms with van der Waals surface area (Å²) in [4.78, 5) is 19.0. The first kappa shape index (κ1) is 13.1. The lowest BCUT2D eigenvalue weighted by Crippen LogP contribution is -2.30. The summed E-state index contributed by atoms with van der Waals surface area (Å²) in [7, 11) is 0. The van der Waals surface area contributed by atoms with Crippen molar-refractivity contribution < 1.29 is 5.11 Å². The number of anilines is 1. The van der Waals surface area contributed by atoms with E-state index in [2.05, 4.69) is 19.9 Å². The molecule has 3 aromatic rings. The number of aromatic hydroxyl groups is 1. The highest BCUT2D eigenvalue weighted by molar-refractivity contribution is 5.85. The van der Waals surface area contributed by atoms with Crippen LogP contribution < -0.4 is 4.90 Å². The summed E-state index contributed by atoms with van der Waals surface area (Å²) in [6.45, 7) is 2.03. The van der Waals surface area contributed by atoms with Crippen molar-refractivity contribution in [3.8, 4) is 17.1 Å². The number of benzene rings is 1. The molecule has 0 amide bonds. The Hall–Kier alpha value is -2.63. The second-order valence-corrected chi connectivity index (χ2v) is 5.57. The summed E-state index contributed by atoms with van der Waals surface area (Å²) in [5.41, 5.74) is 2.45. The number of phenols is 1. The summed E-state index contributed by atoms with van der Waals surface area (Å²) < 4.78 is 0. The lowest BCUT2D eigenvalue weighted by Gasteiger charge is -2.28. The number of imidazole rings is 1. The highest BCUT2D eigenvalue weighted by Crippen LogP contribution is 2.28. The minimum atomic E-state index is 0.237. The van der Waals surface area contributed by atoms with Crippen molar-refractivity contribution in [2.24, 2.45) is 0 Å². The summed E-state index contributed by atoms with van der Waals surface area (Å²) in [6, 6.07) is 6.94. The van der Waals surface area contributed by atoms with Crippen molar-refractivity contribution >= 4 is 17.0 Å². The van der Waals surface area contributed by atoms with Gasteiger partial charge in [-0.1, -0.05) is 0 Å². The van der Waals surface area contributed by atoms with Gasteiger partial charge in [0.1, 0.15) is 11.3 Å². The standard InChI is InChI=1S/C16H17N5O/c22-12-6-4-11(5-7-12)14-19-15-13(17-10-18-15)16(20-14)21-8-2-1-3-9-21/h4-7,10,22H,1-3,8-9H2,(H,17,18,19,20). The molecule has 2 aromatic heterocycles. The Labute approximate surface area is 127 Å². The van der Waals surface area contributed by atoms with Gasteiger partial charge < -0.3 is 15.0 Å². The zero-order valence-corrected chi connectivity index (χ0v) is 12.2. The maximum absolute atomic E-state index is 9.43. The fourth-order valence-corrected chi connectivity index (χ4v) is 2.89. The Morgan fingerprint density at radius 1 is 1.00 bits per heavy atom. The molecule has 0 unspecified atom stereocenters. The van der Waals surface area contributed by atoms with Gasteiger partial charge in [-0.15, -0.1) is 0 Å². The quantitative estimate of drug-likeness (QED) is 0.760. The predicted molar refractivity (Wildman–Crippen MR) is 84.8 cm³/mol. The second kappa shape index (κ2) is 5.29. The van der Waals surface area contributed by atoms with Crippen molar-refractivity contribution in [2.45, 2.75) is 19.3 Å². The van der Waals surface area contributed by atoms with Crippen molar-refractivity contribution in [1.82, 2.24) is 19.9 Å². The van der Waals surface area contributed by atoms with Gasteiger partial charge >= 0.3 is 0 Å². The highest BCUT2D eigenvalue weighted by atomic mass is 16.3. The van der Waals surface area contributed by atoms with Crippen molar-refractivity contribution in [2.75, 3.05) is 18.0 Å². The number of fused-ring (bicyclic) bond motifs is 1. The van der Waals surface area contributed by atoms with Crippen molar-refractivity contribution in [3.63, 3.8) is 0 Å². The van der Waals surface area contributed by atoms with E-state index in [0.717, 1.165) is 30.0 Å². The van der Waals surface area contributed by atoms with Crippen LogP contribution in [-0.4, -0.2) is 38.1 Å². The van der Waals surface area contributed by atoms with E-state index in [1.807, 2.05) is 12.1 Å². The number of piperidine rings is 1. The molecule has 6 heteroatoms. The Balaban J connectivity index is 1.84. The normalized spacial score (nSPS) is 15.4. The highest BCUT2D eigenvalue weighted by Gasteiger charge is 2.18. The molecule has 3 heterocycles. The molecule has 0 bridgehead atoms. The van der Waals surface area contributed by atoms with E-state index in [1.54, 1.807) is 18.5 Å². The first-order valence-electron chi connectivity index (χ1n) is 7.57. The average molecular weight is 295 g/mol. The van der Waals surface area contributed by atoms with E-state index in [0.29, 0.717) is 11.5 Å². The largest absolute Gasteiger partial charge is 0.508 e. The lowest BCUT2D eigenvalue weighted by molar-refractivity contribution is 0.475. The van der Waals surface area contributed by atoms with E-state index in [1.165, 1.54) is 19.3 Å². The van der Waals surface area contributed by atoms with Gasteiger partial charge in [0.25, 0.3) is 0 Å². The van der Waals surface area contributed by atoms with Crippen LogP contribution in [0.4, 0.5) is 5.82 Å². The van der Waals surface area contributed by atoms with E-state index < -0.39 is 0 Å². The summed E-state index contributed by atoms with van der Waals surface area (Å²) in [5.74, 6) is 1.80. The number of H-pyrrole nitrogens is 1. The third kappa shape index (κ3) is 2.26. The van der Waals surface area contributed by atoms with E-state index in [4.69, 9.17) is 4.98 Å². The van der Waals surface area contributed by atoms with Gasteiger partial charge in [0, 0.05) is 18.7 Å². The van der Waals surface area contributed by atoms with E-state index in [-0.39, 0.29) is 5.75 Å². The van der Waals surface area contributed by atoms with E-state index in [9.17, 15) is 5.11 Å². The number of aromatic amines is 1. The van der Waals surface area contributed by atoms with Gasteiger partial charge in [-0.05, 0) is 43.5 Å². The Kier molecular flexibility index (Phi) is 3.14. The average Bonchev–Trinajstić information content (AvgIpc) is 3.04. The van der Waals surface area contributed by atoms with Crippen LogP contribution in [0.3, 0.4) is 0 Å². The molecule has 6 nitrogen and oxygen atoms in total. The van der Waals surface area contributed by atoms with Crippen LogP contribution in [0.1, 0.15) is 19.3 Å². The Bertz CT molecular complexity index is 790. The number of rotatable bonds is 2. The molecule has 112 valence electrons. The van der Waals surface area contributed by atoms with Gasteiger partial charge in [0.15, 0.2) is 17.3 Å². The van der Waals surface area contributed by atoms with Crippen LogP contribution >= 0.6 is 0 Å². The van der Waals surface area contributed by atoms with Crippen molar-refractivity contribution in [1.29, 1.82) is 0 Å². The molecule has 1 aliphatic rings. The minimum Gasteiger partial charge on any atom is -0.508 e. The first-order chi connectivity index (χ1) is 10.8. The number of nitrogens with zero attached hydrogens (tertiary/aromatic N) is 4. The molecule has 1 fully saturated rings. The predicted octanol–water partition coefficient (Wildman–Crippen LogP) is 2.72. The monoisotopic (exact) mass is 295 g/mol. The van der Waals surface area contributed by atoms with Gasteiger partial charge in [-0.25, -0.2) is 15.0 Å². The van der Waals surface area contributed by atoms with Crippen LogP contribution in [0.2, 0.25) is 0 Å². The van der Waals surface area contributed by atoms with Crippen LogP contribution in [0.25, 0.3) is 22.6 Å². The van der Waals surface area contributed by atoms with Crippen molar-refractivity contribution in [3.05, 3.63) is 30.6 Å². The smallest absolute Gasteiger partial charge is 0.183 e. The molecular formula is C16H17N5O. The Morgan fingerprint density at radius 2 is 1.77 bits per heavy atom. The third-order valence-corrected chi connectivity index (χ3v) is 4.05. The zero-order chi connectivity index (χ0) is 14.9. The molecule has 1 aromatic carbocycles. The van der Waals surface area contributed by atoms with Crippen LogP contribution in [0, 0.1) is 0 Å². The van der Waals surface area contributed by atoms with Gasteiger partial charge in [0.2, 0.25) is 0 Å². The number of hydrogen-bond acceptors (Lipinski definition) is 5. The molecule has 2 N–H and O–H groups in total. The maximum atomic E-state index is 9.43. The molecule has 1 aliphatic heterocycles. The minimum absolute atomic E-state index is 0.237. The molecule has 0 spiro atoms. The Morgan fingerprint density at radius 3 is 2.55 bits per heavy atom.